The maximum absolute atomic E-state index is 12.5. The molecule has 0 aliphatic heterocycles. The Balaban J connectivity index is 4.98. The highest BCUT2D eigenvalue weighted by molar-refractivity contribution is 7.98. The highest BCUT2D eigenvalue weighted by atomic mass is 32.2. The molecule has 5 unspecified atom stereocenters. The predicted octanol–water partition coefficient (Wildman–Crippen LogP) is -0.488. The van der Waals surface area contributed by atoms with Crippen molar-refractivity contribution in [1.29, 1.82) is 0 Å². The Morgan fingerprint density at radius 2 is 1.41 bits per heavy atom. The summed E-state index contributed by atoms with van der Waals surface area (Å²) in [4.78, 5) is 48.4. The molecule has 0 fully saturated rings. The van der Waals surface area contributed by atoms with Crippen LogP contribution in [0.5, 0.6) is 0 Å². The molecule has 0 aromatic rings. The van der Waals surface area contributed by atoms with Crippen LogP contribution in [0.2, 0.25) is 0 Å². The molecule has 0 spiro atoms. The fourth-order valence-corrected chi connectivity index (χ4v) is 3.19. The summed E-state index contributed by atoms with van der Waals surface area (Å²) in [6, 6.07) is -3.90. The molecule has 5 atom stereocenters. The molecule has 12 heteroatoms. The van der Waals surface area contributed by atoms with Gasteiger partial charge in [-0.05, 0) is 24.3 Å². The Labute approximate surface area is 186 Å². The quantitative estimate of drug-likeness (QED) is 0.170. The molecule has 0 aliphatic rings. The molecule has 0 radical (unpaired) electrons. The molecular weight excluding hydrogens is 436 g/mol. The minimum absolute atomic E-state index is 0.00279. The van der Waals surface area contributed by atoms with Crippen LogP contribution in [0.15, 0.2) is 0 Å². The van der Waals surface area contributed by atoms with Gasteiger partial charge in [0.05, 0.1) is 6.04 Å². The van der Waals surface area contributed by atoms with Gasteiger partial charge in [0.25, 0.3) is 0 Å². The number of amides is 3. The number of thiol groups is 2. The maximum atomic E-state index is 12.5. The molecule has 3 amide bonds. The standard InChI is InChI=1S/C17H32N4O5S3/c1-4-9(2)13(18)16(24)21-12(8-28)15(23)20-11(7-27)14(22)19-10(17(25)26)5-6-29-3/h9-13,27-28H,4-8,18H2,1-3H3,(H,19,22)(H,20,23)(H,21,24)(H,25,26). The van der Waals surface area contributed by atoms with Crippen LogP contribution in [0.25, 0.3) is 0 Å². The average Bonchev–Trinajstić information content (AvgIpc) is 2.70. The van der Waals surface area contributed by atoms with E-state index in [4.69, 9.17) is 5.73 Å². The molecule has 0 bridgehead atoms. The number of carbonyl (C=O) groups excluding carboxylic acids is 3. The highest BCUT2D eigenvalue weighted by Gasteiger charge is 2.29. The summed E-state index contributed by atoms with van der Waals surface area (Å²) in [6.45, 7) is 3.73. The molecular formula is C17H32N4O5S3. The minimum atomic E-state index is -1.16. The van der Waals surface area contributed by atoms with Crippen LogP contribution in [0.4, 0.5) is 0 Å². The van der Waals surface area contributed by atoms with Crippen molar-refractivity contribution in [2.24, 2.45) is 11.7 Å². The average molecular weight is 469 g/mol. The first-order chi connectivity index (χ1) is 13.6. The van der Waals surface area contributed by atoms with E-state index in [9.17, 15) is 24.3 Å². The number of nitrogens with one attached hydrogen (secondary N) is 3. The van der Waals surface area contributed by atoms with E-state index in [0.29, 0.717) is 12.2 Å². The van der Waals surface area contributed by atoms with E-state index in [-0.39, 0.29) is 23.8 Å². The van der Waals surface area contributed by atoms with Gasteiger partial charge in [0.15, 0.2) is 0 Å². The summed E-state index contributed by atoms with van der Waals surface area (Å²) in [5, 5.41) is 16.6. The van der Waals surface area contributed by atoms with Crippen LogP contribution < -0.4 is 21.7 Å². The molecule has 0 heterocycles. The molecule has 0 aromatic heterocycles. The van der Waals surface area contributed by atoms with Crippen LogP contribution in [0, 0.1) is 5.92 Å². The number of nitrogens with two attached hydrogens (primary N) is 1. The van der Waals surface area contributed by atoms with Crippen molar-refractivity contribution in [3.63, 3.8) is 0 Å². The van der Waals surface area contributed by atoms with Crippen LogP contribution in [0.1, 0.15) is 26.7 Å². The molecule has 29 heavy (non-hydrogen) atoms. The van der Waals surface area contributed by atoms with E-state index in [1.165, 1.54) is 11.8 Å². The van der Waals surface area contributed by atoms with E-state index in [1.807, 2.05) is 20.1 Å². The van der Waals surface area contributed by atoms with Gasteiger partial charge in [0.2, 0.25) is 17.7 Å². The van der Waals surface area contributed by atoms with E-state index in [0.717, 1.165) is 0 Å². The number of hydrogen-bond acceptors (Lipinski definition) is 8. The van der Waals surface area contributed by atoms with Gasteiger partial charge in [-0.2, -0.15) is 37.0 Å². The minimum Gasteiger partial charge on any atom is -0.480 e. The van der Waals surface area contributed by atoms with Gasteiger partial charge in [-0.3, -0.25) is 14.4 Å². The zero-order valence-corrected chi connectivity index (χ0v) is 19.5. The van der Waals surface area contributed by atoms with Crippen molar-refractivity contribution >= 4 is 60.7 Å². The summed E-state index contributed by atoms with van der Waals surface area (Å²) in [7, 11) is 0. The van der Waals surface area contributed by atoms with E-state index >= 15 is 0 Å². The Hall–Kier alpha value is -1.11. The van der Waals surface area contributed by atoms with Crippen molar-refractivity contribution in [3.05, 3.63) is 0 Å². The lowest BCUT2D eigenvalue weighted by atomic mass is 9.99. The largest absolute Gasteiger partial charge is 0.480 e. The van der Waals surface area contributed by atoms with Crippen LogP contribution in [-0.4, -0.2) is 76.5 Å². The molecule has 0 saturated carbocycles. The lowest BCUT2D eigenvalue weighted by Gasteiger charge is -2.24. The summed E-state index contributed by atoms with van der Waals surface area (Å²) in [5.74, 6) is -2.50. The number of carbonyl (C=O) groups is 4. The molecule has 0 aliphatic carbocycles. The summed E-state index contributed by atoms with van der Waals surface area (Å²) >= 11 is 9.60. The second kappa shape index (κ2) is 14.8. The fraction of sp³-hybridized carbons (Fsp3) is 0.765. The fourth-order valence-electron chi connectivity index (χ4n) is 2.21. The maximum Gasteiger partial charge on any atom is 0.326 e. The topological polar surface area (TPSA) is 151 Å². The smallest absolute Gasteiger partial charge is 0.326 e. The molecule has 0 aromatic carbocycles. The zero-order chi connectivity index (χ0) is 22.6. The molecule has 168 valence electrons. The van der Waals surface area contributed by atoms with Crippen molar-refractivity contribution in [2.75, 3.05) is 23.5 Å². The number of carboxylic acid groups (broad SMARTS) is 1. The summed E-state index contributed by atoms with van der Waals surface area (Å²) < 4.78 is 0. The molecule has 0 rings (SSSR count). The Morgan fingerprint density at radius 3 is 1.79 bits per heavy atom. The zero-order valence-electron chi connectivity index (χ0n) is 16.9. The van der Waals surface area contributed by atoms with Gasteiger partial charge in [-0.15, -0.1) is 0 Å². The third-order valence-electron chi connectivity index (χ3n) is 4.42. The Morgan fingerprint density at radius 1 is 0.966 bits per heavy atom. The first-order valence-corrected chi connectivity index (χ1v) is 11.9. The predicted molar refractivity (Wildman–Crippen MR) is 122 cm³/mol. The second-order valence-corrected chi connectivity index (χ2v) is 8.30. The van der Waals surface area contributed by atoms with Gasteiger partial charge in [0.1, 0.15) is 18.1 Å². The summed E-state index contributed by atoms with van der Waals surface area (Å²) in [5.41, 5.74) is 5.87. The lowest BCUT2D eigenvalue weighted by molar-refractivity contribution is -0.142. The first-order valence-electron chi connectivity index (χ1n) is 9.22. The normalized spacial score (nSPS) is 16.1. The van der Waals surface area contributed by atoms with E-state index < -0.39 is 47.9 Å². The second-order valence-electron chi connectivity index (χ2n) is 6.58. The van der Waals surface area contributed by atoms with Gasteiger partial charge < -0.3 is 26.8 Å². The van der Waals surface area contributed by atoms with E-state index in [1.54, 1.807) is 0 Å². The van der Waals surface area contributed by atoms with Crippen LogP contribution in [-0.2, 0) is 19.2 Å². The number of rotatable bonds is 14. The van der Waals surface area contributed by atoms with Crippen molar-refractivity contribution in [2.45, 2.75) is 50.9 Å². The number of hydrogen-bond donors (Lipinski definition) is 7. The SMILES string of the molecule is CCC(C)C(N)C(=O)NC(CS)C(=O)NC(CS)C(=O)NC(CCSC)C(=O)O. The summed E-state index contributed by atoms with van der Waals surface area (Å²) in [6.07, 6.45) is 2.78. The number of aliphatic carboxylic acids is 1. The Kier molecular flexibility index (Phi) is 14.2. The van der Waals surface area contributed by atoms with Gasteiger partial charge in [0, 0.05) is 11.5 Å². The molecule has 6 N–H and O–H groups in total. The third kappa shape index (κ3) is 9.96. The first kappa shape index (κ1) is 27.9. The van der Waals surface area contributed by atoms with Crippen molar-refractivity contribution in [1.82, 2.24) is 16.0 Å². The van der Waals surface area contributed by atoms with Crippen LogP contribution in [0.3, 0.4) is 0 Å². The van der Waals surface area contributed by atoms with Crippen LogP contribution >= 0.6 is 37.0 Å². The van der Waals surface area contributed by atoms with Gasteiger partial charge in [-0.1, -0.05) is 20.3 Å². The molecule has 0 saturated heterocycles. The monoisotopic (exact) mass is 468 g/mol. The van der Waals surface area contributed by atoms with Crippen molar-refractivity contribution in [3.8, 4) is 0 Å². The number of carboxylic acids is 1. The highest BCUT2D eigenvalue weighted by Crippen LogP contribution is 2.06. The van der Waals surface area contributed by atoms with Gasteiger partial charge >= 0.3 is 5.97 Å². The van der Waals surface area contributed by atoms with Gasteiger partial charge in [-0.25, -0.2) is 4.79 Å². The third-order valence-corrected chi connectivity index (χ3v) is 5.79. The lowest BCUT2D eigenvalue weighted by Crippen LogP contribution is -2.58. The molecule has 9 nitrogen and oxygen atoms in total. The van der Waals surface area contributed by atoms with Crippen molar-refractivity contribution < 1.29 is 24.3 Å². The Bertz CT molecular complexity index is 567. The number of thioether (sulfide) groups is 1. The van der Waals surface area contributed by atoms with E-state index in [2.05, 4.69) is 41.2 Å².